The first-order valence-corrected chi connectivity index (χ1v) is 21.6. The first-order valence-electron chi connectivity index (χ1n) is 21.6. The van der Waals surface area contributed by atoms with Crippen LogP contribution in [-0.4, -0.2) is 9.13 Å². The molecule has 0 aliphatic rings. The van der Waals surface area contributed by atoms with E-state index in [2.05, 4.69) is 263 Å². The quantitative estimate of drug-likeness (QED) is 0.149. The summed E-state index contributed by atoms with van der Waals surface area (Å²) in [6, 6.07) is 90.3. The van der Waals surface area contributed by atoms with Gasteiger partial charge in [0.1, 0.15) is 0 Å². The third kappa shape index (κ3) is 6.29. The second-order valence-corrected chi connectivity index (χ2v) is 16.2. The third-order valence-electron chi connectivity index (χ3n) is 12.5. The van der Waals surface area contributed by atoms with E-state index < -0.39 is 0 Å². The third-order valence-corrected chi connectivity index (χ3v) is 12.5. The summed E-state index contributed by atoms with van der Waals surface area (Å²) >= 11 is 0. The standard InChI is InChI=1S/C60H41N3/c1-5-19-47(20-6-1)61(48-21-7-2-8-22-48)56-30-16-13-27-51(56)46-38-44(42-33-35-54-52-28-14-17-31-57(52)62(59(54)40-42)49-23-9-3-10-24-49)37-45(39-46)43-34-36-55-53-29-15-18-32-58(53)63(60(55)41-43)50-25-11-4-12-26-50/h1-41H. The van der Waals surface area contributed by atoms with Crippen molar-refractivity contribution in [3.05, 3.63) is 249 Å². The van der Waals surface area contributed by atoms with E-state index in [-0.39, 0.29) is 0 Å². The Kier molecular flexibility index (Phi) is 8.83. The molecule has 12 aromatic rings. The lowest BCUT2D eigenvalue weighted by Gasteiger charge is -2.28. The molecule has 0 unspecified atom stereocenters. The fourth-order valence-electron chi connectivity index (χ4n) is 9.62. The zero-order valence-electron chi connectivity index (χ0n) is 34.5. The number of benzene rings is 10. The fourth-order valence-corrected chi connectivity index (χ4v) is 9.62. The van der Waals surface area contributed by atoms with Gasteiger partial charge in [-0.2, -0.15) is 0 Å². The predicted molar refractivity (Wildman–Crippen MR) is 266 cm³/mol. The Labute approximate surface area is 366 Å². The molecular weight excluding hydrogens is 763 g/mol. The van der Waals surface area contributed by atoms with Gasteiger partial charge in [-0.1, -0.05) is 152 Å². The first kappa shape index (κ1) is 36.5. The van der Waals surface area contributed by atoms with Crippen LogP contribution in [0.4, 0.5) is 17.1 Å². The molecule has 2 aromatic heterocycles. The highest BCUT2D eigenvalue weighted by Crippen LogP contribution is 2.44. The van der Waals surface area contributed by atoms with Crippen LogP contribution in [0.1, 0.15) is 0 Å². The molecule has 0 radical (unpaired) electrons. The summed E-state index contributed by atoms with van der Waals surface area (Å²) in [5.74, 6) is 0. The maximum absolute atomic E-state index is 2.40. The molecule has 2 heterocycles. The zero-order chi connectivity index (χ0) is 41.7. The number of para-hydroxylation sites is 7. The van der Waals surface area contributed by atoms with Crippen LogP contribution in [0.15, 0.2) is 249 Å². The molecule has 296 valence electrons. The molecule has 63 heavy (non-hydrogen) atoms. The Morgan fingerprint density at radius 2 is 0.635 bits per heavy atom. The number of anilines is 3. The van der Waals surface area contributed by atoms with Gasteiger partial charge in [0.05, 0.1) is 27.8 Å². The second kappa shape index (κ2) is 15.3. The minimum atomic E-state index is 1.10. The van der Waals surface area contributed by atoms with Gasteiger partial charge in [-0.05, 0) is 125 Å². The Hall–Kier alpha value is -8.40. The first-order chi connectivity index (χ1) is 31.3. The van der Waals surface area contributed by atoms with E-state index >= 15 is 0 Å². The predicted octanol–water partition coefficient (Wildman–Crippen LogP) is 16.4. The maximum Gasteiger partial charge on any atom is 0.0547 e. The largest absolute Gasteiger partial charge is 0.310 e. The van der Waals surface area contributed by atoms with Gasteiger partial charge < -0.3 is 14.0 Å². The van der Waals surface area contributed by atoms with Gasteiger partial charge in [-0.25, -0.2) is 0 Å². The van der Waals surface area contributed by atoms with Crippen LogP contribution in [0.25, 0.3) is 88.4 Å². The van der Waals surface area contributed by atoms with Crippen molar-refractivity contribution in [2.24, 2.45) is 0 Å². The summed E-state index contributed by atoms with van der Waals surface area (Å²) in [6.07, 6.45) is 0. The van der Waals surface area contributed by atoms with Crippen molar-refractivity contribution in [1.82, 2.24) is 9.13 Å². The minimum absolute atomic E-state index is 1.10. The molecule has 0 aliphatic carbocycles. The Balaban J connectivity index is 1.12. The van der Waals surface area contributed by atoms with Crippen LogP contribution in [0, 0.1) is 0 Å². The summed E-state index contributed by atoms with van der Waals surface area (Å²) in [6.45, 7) is 0. The Morgan fingerprint density at radius 3 is 1.13 bits per heavy atom. The van der Waals surface area contributed by atoms with E-state index in [0.29, 0.717) is 0 Å². The monoisotopic (exact) mass is 803 g/mol. The summed E-state index contributed by atoms with van der Waals surface area (Å²) in [5.41, 5.74) is 17.3. The lowest BCUT2D eigenvalue weighted by molar-refractivity contribution is 1.18. The molecule has 0 spiro atoms. The van der Waals surface area contributed by atoms with Crippen LogP contribution in [-0.2, 0) is 0 Å². The molecule has 3 heteroatoms. The van der Waals surface area contributed by atoms with Crippen LogP contribution in [0.5, 0.6) is 0 Å². The Bertz CT molecular complexity index is 3390. The number of fused-ring (bicyclic) bond motifs is 6. The van der Waals surface area contributed by atoms with Crippen molar-refractivity contribution in [3.8, 4) is 44.8 Å². The molecule has 12 rings (SSSR count). The van der Waals surface area contributed by atoms with E-state index in [1.807, 2.05) is 0 Å². The molecule has 0 saturated carbocycles. The molecule has 0 amide bonds. The molecule has 3 nitrogen and oxygen atoms in total. The number of aromatic nitrogens is 2. The van der Waals surface area contributed by atoms with Gasteiger partial charge >= 0.3 is 0 Å². The molecular formula is C60H41N3. The van der Waals surface area contributed by atoms with Crippen molar-refractivity contribution in [2.45, 2.75) is 0 Å². The summed E-state index contributed by atoms with van der Waals surface area (Å²) < 4.78 is 4.81. The summed E-state index contributed by atoms with van der Waals surface area (Å²) in [4.78, 5) is 2.37. The topological polar surface area (TPSA) is 13.1 Å². The van der Waals surface area contributed by atoms with E-state index in [1.165, 1.54) is 43.6 Å². The molecule has 10 aromatic carbocycles. The lowest BCUT2D eigenvalue weighted by Crippen LogP contribution is -2.10. The van der Waals surface area contributed by atoms with Crippen LogP contribution < -0.4 is 4.90 Å². The zero-order valence-corrected chi connectivity index (χ0v) is 34.5. The van der Waals surface area contributed by atoms with Crippen molar-refractivity contribution < 1.29 is 0 Å². The minimum Gasteiger partial charge on any atom is -0.310 e. The van der Waals surface area contributed by atoms with Gasteiger partial charge in [-0.3, -0.25) is 0 Å². The van der Waals surface area contributed by atoms with Crippen LogP contribution >= 0.6 is 0 Å². The molecule has 0 N–H and O–H groups in total. The highest BCUT2D eigenvalue weighted by molar-refractivity contribution is 6.11. The van der Waals surface area contributed by atoms with Gasteiger partial charge in [0, 0.05) is 49.9 Å². The fraction of sp³-hybridized carbons (Fsp3) is 0. The van der Waals surface area contributed by atoms with Crippen LogP contribution in [0.3, 0.4) is 0 Å². The van der Waals surface area contributed by atoms with Crippen molar-refractivity contribution in [2.75, 3.05) is 4.90 Å². The van der Waals surface area contributed by atoms with Crippen LogP contribution in [0.2, 0.25) is 0 Å². The normalized spacial score (nSPS) is 11.5. The van der Waals surface area contributed by atoms with E-state index in [0.717, 1.165) is 61.8 Å². The average Bonchev–Trinajstić information content (AvgIpc) is 3.87. The molecule has 0 bridgehead atoms. The van der Waals surface area contributed by atoms with Gasteiger partial charge in [0.15, 0.2) is 0 Å². The smallest absolute Gasteiger partial charge is 0.0547 e. The SMILES string of the molecule is c1ccc(N(c2ccccc2)c2ccccc2-c2cc(-c3ccc4c5ccccc5n(-c5ccccc5)c4c3)cc(-c3ccc4c5ccccc5n(-c5ccccc5)c4c3)c2)cc1. The number of rotatable bonds is 8. The number of hydrogen-bond donors (Lipinski definition) is 0. The molecule has 0 saturated heterocycles. The van der Waals surface area contributed by atoms with E-state index in [4.69, 9.17) is 0 Å². The van der Waals surface area contributed by atoms with E-state index in [9.17, 15) is 0 Å². The lowest BCUT2D eigenvalue weighted by atomic mass is 9.91. The number of nitrogens with zero attached hydrogens (tertiary/aromatic N) is 3. The Morgan fingerprint density at radius 1 is 0.254 bits per heavy atom. The van der Waals surface area contributed by atoms with Crippen molar-refractivity contribution >= 4 is 60.7 Å². The average molecular weight is 804 g/mol. The van der Waals surface area contributed by atoms with E-state index in [1.54, 1.807) is 0 Å². The van der Waals surface area contributed by atoms with Gasteiger partial charge in [-0.15, -0.1) is 0 Å². The van der Waals surface area contributed by atoms with Crippen molar-refractivity contribution in [1.29, 1.82) is 0 Å². The van der Waals surface area contributed by atoms with Gasteiger partial charge in [0.25, 0.3) is 0 Å². The maximum atomic E-state index is 2.40. The molecule has 0 fully saturated rings. The highest BCUT2D eigenvalue weighted by atomic mass is 15.1. The summed E-state index contributed by atoms with van der Waals surface area (Å²) in [7, 11) is 0. The molecule has 0 aliphatic heterocycles. The second-order valence-electron chi connectivity index (χ2n) is 16.2. The summed E-state index contributed by atoms with van der Waals surface area (Å²) in [5, 5.41) is 4.96. The highest BCUT2D eigenvalue weighted by Gasteiger charge is 2.20. The van der Waals surface area contributed by atoms with Gasteiger partial charge in [0.2, 0.25) is 0 Å². The number of hydrogen-bond acceptors (Lipinski definition) is 1. The van der Waals surface area contributed by atoms with Crippen molar-refractivity contribution in [3.63, 3.8) is 0 Å². The molecule has 0 atom stereocenters.